The lowest BCUT2D eigenvalue weighted by Gasteiger charge is -2.14. The molecule has 0 aromatic rings. The van der Waals surface area contributed by atoms with Crippen molar-refractivity contribution in [2.24, 2.45) is 5.92 Å². The molecule has 0 heterocycles. The maximum absolute atomic E-state index is 11.8. The van der Waals surface area contributed by atoms with Crippen molar-refractivity contribution >= 4 is 17.8 Å². The van der Waals surface area contributed by atoms with Gasteiger partial charge < -0.3 is 14.8 Å². The molecule has 6 heteroatoms. The van der Waals surface area contributed by atoms with Crippen molar-refractivity contribution in [2.75, 3.05) is 19.8 Å². The van der Waals surface area contributed by atoms with Gasteiger partial charge in [0.2, 0.25) is 11.8 Å². The predicted octanol–water partition coefficient (Wildman–Crippen LogP) is 0.811. The molecule has 0 unspecified atom stereocenters. The van der Waals surface area contributed by atoms with E-state index in [9.17, 15) is 14.4 Å². The van der Waals surface area contributed by atoms with Crippen molar-refractivity contribution in [3.05, 3.63) is 12.2 Å². The van der Waals surface area contributed by atoms with E-state index in [-0.39, 0.29) is 13.2 Å². The summed E-state index contributed by atoms with van der Waals surface area (Å²) in [5, 5.41) is 2.49. The van der Waals surface area contributed by atoms with Crippen LogP contribution in [0.1, 0.15) is 27.2 Å². The summed E-state index contributed by atoms with van der Waals surface area (Å²) < 4.78 is 9.40. The van der Waals surface area contributed by atoms with E-state index >= 15 is 0 Å². The average Bonchev–Trinajstić information content (AvgIpc) is 2.29. The summed E-state index contributed by atoms with van der Waals surface area (Å²) in [5.41, 5.74) is 0.893. The first-order valence-corrected chi connectivity index (χ1v) is 6.19. The molecule has 0 aromatic heterocycles. The predicted molar refractivity (Wildman–Crippen MR) is 69.2 cm³/mol. The monoisotopic (exact) mass is 271 g/mol. The van der Waals surface area contributed by atoms with Crippen molar-refractivity contribution in [3.63, 3.8) is 0 Å². The van der Waals surface area contributed by atoms with E-state index in [4.69, 9.17) is 9.47 Å². The van der Waals surface area contributed by atoms with Gasteiger partial charge in [0, 0.05) is 6.54 Å². The fourth-order valence-electron chi connectivity index (χ4n) is 1.26. The van der Waals surface area contributed by atoms with Crippen LogP contribution in [0, 0.1) is 5.92 Å². The lowest BCUT2D eigenvalue weighted by atomic mass is 10.1. The molecule has 0 fully saturated rings. The summed E-state index contributed by atoms with van der Waals surface area (Å²) in [6, 6.07) is 0. The van der Waals surface area contributed by atoms with Crippen LogP contribution in [0.3, 0.4) is 0 Å². The maximum Gasteiger partial charge on any atom is 0.330 e. The number of nitrogens with one attached hydrogen (secondary N) is 1. The standard InChI is InChI=1S/C13H21NO5/c1-5-18-12(16)10(13(17)19-6-2)11(15)14-8-7-9(3)4/h10H,3,5-8H2,1-2,4H3,(H,14,15). The molecule has 0 aromatic carbocycles. The molecule has 0 aliphatic rings. The molecule has 0 atom stereocenters. The number of amides is 1. The second-order valence-corrected chi connectivity index (χ2v) is 3.94. The van der Waals surface area contributed by atoms with Crippen LogP contribution >= 0.6 is 0 Å². The maximum atomic E-state index is 11.8. The Morgan fingerprint density at radius 2 is 1.58 bits per heavy atom. The van der Waals surface area contributed by atoms with Crippen LogP contribution in [0.25, 0.3) is 0 Å². The Labute approximate surface area is 113 Å². The number of hydrogen-bond acceptors (Lipinski definition) is 5. The van der Waals surface area contributed by atoms with Gasteiger partial charge in [0.25, 0.3) is 0 Å². The van der Waals surface area contributed by atoms with Crippen LogP contribution < -0.4 is 5.32 Å². The van der Waals surface area contributed by atoms with Crippen LogP contribution in [0.4, 0.5) is 0 Å². The van der Waals surface area contributed by atoms with E-state index in [1.165, 1.54) is 0 Å². The van der Waals surface area contributed by atoms with Crippen molar-refractivity contribution in [1.29, 1.82) is 0 Å². The number of carbonyl (C=O) groups excluding carboxylic acids is 3. The third-order valence-electron chi connectivity index (χ3n) is 2.16. The van der Waals surface area contributed by atoms with E-state index in [2.05, 4.69) is 11.9 Å². The highest BCUT2D eigenvalue weighted by atomic mass is 16.6. The summed E-state index contributed by atoms with van der Waals surface area (Å²) in [6.07, 6.45) is 0.574. The highest BCUT2D eigenvalue weighted by molar-refractivity contribution is 6.14. The van der Waals surface area contributed by atoms with Crippen LogP contribution in [-0.4, -0.2) is 37.6 Å². The first-order chi connectivity index (χ1) is 8.93. The average molecular weight is 271 g/mol. The third-order valence-corrected chi connectivity index (χ3v) is 2.16. The minimum Gasteiger partial charge on any atom is -0.465 e. The van der Waals surface area contributed by atoms with Gasteiger partial charge >= 0.3 is 11.9 Å². The van der Waals surface area contributed by atoms with Crippen molar-refractivity contribution in [3.8, 4) is 0 Å². The molecular formula is C13H21NO5. The molecule has 1 amide bonds. The van der Waals surface area contributed by atoms with Crippen molar-refractivity contribution in [1.82, 2.24) is 5.32 Å². The summed E-state index contributed by atoms with van der Waals surface area (Å²) >= 11 is 0. The normalized spacial score (nSPS) is 9.89. The quantitative estimate of drug-likeness (QED) is 0.401. The van der Waals surface area contributed by atoms with Gasteiger partial charge in [0.05, 0.1) is 13.2 Å². The zero-order valence-corrected chi connectivity index (χ0v) is 11.7. The number of hydrogen-bond donors (Lipinski definition) is 1. The highest BCUT2D eigenvalue weighted by Gasteiger charge is 2.36. The largest absolute Gasteiger partial charge is 0.465 e. The molecule has 0 saturated carbocycles. The fraction of sp³-hybridized carbons (Fsp3) is 0.615. The molecule has 1 N–H and O–H groups in total. The molecule has 6 nitrogen and oxygen atoms in total. The Bertz CT molecular complexity index is 333. The van der Waals surface area contributed by atoms with Crippen LogP contribution in [-0.2, 0) is 23.9 Å². The van der Waals surface area contributed by atoms with E-state index in [1.54, 1.807) is 13.8 Å². The van der Waals surface area contributed by atoms with E-state index < -0.39 is 23.8 Å². The smallest absolute Gasteiger partial charge is 0.330 e. The molecule has 0 aliphatic carbocycles. The van der Waals surface area contributed by atoms with Crippen molar-refractivity contribution < 1.29 is 23.9 Å². The van der Waals surface area contributed by atoms with Gasteiger partial charge in [-0.1, -0.05) is 5.57 Å². The molecule has 0 aliphatic heterocycles. The first-order valence-electron chi connectivity index (χ1n) is 6.19. The van der Waals surface area contributed by atoms with Gasteiger partial charge in [0.15, 0.2) is 0 Å². The molecule has 0 rings (SSSR count). The second-order valence-electron chi connectivity index (χ2n) is 3.94. The lowest BCUT2D eigenvalue weighted by molar-refractivity contribution is -0.164. The Kier molecular flexibility index (Phi) is 8.24. The summed E-state index contributed by atoms with van der Waals surface area (Å²) in [7, 11) is 0. The Morgan fingerprint density at radius 1 is 1.11 bits per heavy atom. The number of esters is 2. The van der Waals surface area contributed by atoms with Crippen LogP contribution in [0.5, 0.6) is 0 Å². The summed E-state index contributed by atoms with van der Waals surface area (Å²) in [6.45, 7) is 9.19. The van der Waals surface area contributed by atoms with Crippen LogP contribution in [0.2, 0.25) is 0 Å². The minimum absolute atomic E-state index is 0.0911. The third kappa shape index (κ3) is 6.59. The van der Waals surface area contributed by atoms with E-state index in [0.717, 1.165) is 5.57 Å². The fourth-order valence-corrected chi connectivity index (χ4v) is 1.26. The molecular weight excluding hydrogens is 250 g/mol. The van der Waals surface area contributed by atoms with Crippen molar-refractivity contribution in [2.45, 2.75) is 27.2 Å². The zero-order valence-electron chi connectivity index (χ0n) is 11.7. The summed E-state index contributed by atoms with van der Waals surface area (Å²) in [4.78, 5) is 35.0. The van der Waals surface area contributed by atoms with Gasteiger partial charge in [-0.3, -0.25) is 14.4 Å². The number of rotatable bonds is 8. The topological polar surface area (TPSA) is 81.7 Å². The molecule has 0 saturated heterocycles. The number of ether oxygens (including phenoxy) is 2. The zero-order chi connectivity index (χ0) is 14.8. The van der Waals surface area contributed by atoms with Gasteiger partial charge in [-0.05, 0) is 27.2 Å². The van der Waals surface area contributed by atoms with E-state index in [0.29, 0.717) is 13.0 Å². The Morgan fingerprint density at radius 3 is 1.95 bits per heavy atom. The Hall–Kier alpha value is -1.85. The minimum atomic E-state index is -1.56. The molecule has 19 heavy (non-hydrogen) atoms. The SMILES string of the molecule is C=C(C)CCNC(=O)C(C(=O)OCC)C(=O)OCC. The molecule has 0 radical (unpaired) electrons. The first kappa shape index (κ1) is 17.2. The molecule has 0 spiro atoms. The lowest BCUT2D eigenvalue weighted by Crippen LogP contribution is -2.42. The van der Waals surface area contributed by atoms with E-state index in [1.807, 2.05) is 6.92 Å². The van der Waals surface area contributed by atoms with Gasteiger partial charge in [-0.25, -0.2) is 0 Å². The van der Waals surface area contributed by atoms with Crippen LogP contribution in [0.15, 0.2) is 12.2 Å². The van der Waals surface area contributed by atoms with Gasteiger partial charge in [0.1, 0.15) is 0 Å². The highest BCUT2D eigenvalue weighted by Crippen LogP contribution is 2.05. The second kappa shape index (κ2) is 9.13. The number of carbonyl (C=O) groups is 3. The van der Waals surface area contributed by atoms with Gasteiger partial charge in [-0.2, -0.15) is 0 Å². The Balaban J connectivity index is 4.63. The van der Waals surface area contributed by atoms with Gasteiger partial charge in [-0.15, -0.1) is 6.58 Å². The molecule has 108 valence electrons. The summed E-state index contributed by atoms with van der Waals surface area (Å²) in [5.74, 6) is -4.06. The molecule has 0 bridgehead atoms.